The van der Waals surface area contributed by atoms with Gasteiger partial charge < -0.3 is 18.9 Å². The zero-order valence-corrected chi connectivity index (χ0v) is 32.3. The third kappa shape index (κ3) is 5.43. The summed E-state index contributed by atoms with van der Waals surface area (Å²) in [7, 11) is 6.84. The number of fused-ring (bicyclic) bond motifs is 10. The van der Waals surface area contributed by atoms with E-state index >= 15 is 0 Å². The van der Waals surface area contributed by atoms with Gasteiger partial charge in [0.1, 0.15) is 23.0 Å². The lowest BCUT2D eigenvalue weighted by Crippen LogP contribution is -2.26. The number of methoxy groups -OCH3 is 4. The molecule has 2 aliphatic carbocycles. The highest BCUT2D eigenvalue weighted by Gasteiger charge is 2.52. The molecule has 2 aliphatic rings. The van der Waals surface area contributed by atoms with Gasteiger partial charge in [0.05, 0.1) is 33.9 Å². The molecule has 0 aromatic heterocycles. The molecule has 4 nitrogen and oxygen atoms in total. The van der Waals surface area contributed by atoms with E-state index in [1.165, 1.54) is 44.5 Å². The molecule has 276 valence electrons. The molecule has 0 bridgehead atoms. The fraction of sp³-hybridized carbons (Fsp3) is 0.0943. The number of hydrogen-bond acceptors (Lipinski definition) is 4. The van der Waals surface area contributed by atoms with Crippen LogP contribution in [-0.4, -0.2) is 28.4 Å². The zero-order chi connectivity index (χ0) is 38.7. The Hall–Kier alpha value is -7.04. The zero-order valence-electron chi connectivity index (χ0n) is 32.3. The summed E-state index contributed by atoms with van der Waals surface area (Å²) in [4.78, 5) is 0. The Labute approximate surface area is 333 Å². The Morgan fingerprint density at radius 2 is 0.439 bits per heavy atom. The molecule has 0 atom stereocenters. The maximum atomic E-state index is 5.54. The second-order valence-corrected chi connectivity index (χ2v) is 14.7. The summed E-state index contributed by atoms with van der Waals surface area (Å²) in [6.45, 7) is 0. The molecule has 0 saturated heterocycles. The molecule has 4 heteroatoms. The van der Waals surface area contributed by atoms with Crippen molar-refractivity contribution < 1.29 is 18.9 Å². The topological polar surface area (TPSA) is 36.9 Å². The van der Waals surface area contributed by atoms with Gasteiger partial charge in [-0.05, 0) is 162 Å². The highest BCUT2D eigenvalue weighted by Crippen LogP contribution is 2.64. The smallest absolute Gasteiger partial charge is 0.118 e. The van der Waals surface area contributed by atoms with E-state index in [9.17, 15) is 0 Å². The fourth-order valence-corrected chi connectivity index (χ4v) is 9.08. The van der Waals surface area contributed by atoms with Gasteiger partial charge in [0.15, 0.2) is 0 Å². The normalized spacial score (nSPS) is 12.7. The van der Waals surface area contributed by atoms with Crippen LogP contribution in [0.1, 0.15) is 22.3 Å². The van der Waals surface area contributed by atoms with Gasteiger partial charge in [-0.1, -0.05) is 97.1 Å². The predicted molar refractivity (Wildman–Crippen MR) is 231 cm³/mol. The third-order valence-corrected chi connectivity index (χ3v) is 12.0. The predicted octanol–water partition coefficient (Wildman–Crippen LogP) is 12.7. The average molecular weight is 741 g/mol. The first kappa shape index (κ1) is 34.5. The van der Waals surface area contributed by atoms with Gasteiger partial charge in [0, 0.05) is 0 Å². The van der Waals surface area contributed by atoms with Crippen LogP contribution in [0.15, 0.2) is 170 Å². The lowest BCUT2D eigenvalue weighted by Gasteiger charge is -2.32. The van der Waals surface area contributed by atoms with Gasteiger partial charge in [-0.25, -0.2) is 0 Å². The van der Waals surface area contributed by atoms with Gasteiger partial charge >= 0.3 is 0 Å². The van der Waals surface area contributed by atoms with Gasteiger partial charge in [-0.2, -0.15) is 0 Å². The fourth-order valence-electron chi connectivity index (χ4n) is 9.08. The Morgan fingerprint density at radius 1 is 0.246 bits per heavy atom. The summed E-state index contributed by atoms with van der Waals surface area (Å²) in [6.07, 6.45) is 0. The van der Waals surface area contributed by atoms with Crippen molar-refractivity contribution in [3.8, 4) is 89.8 Å². The van der Waals surface area contributed by atoms with Crippen LogP contribution in [0, 0.1) is 0 Å². The summed E-state index contributed by atoms with van der Waals surface area (Å²) < 4.78 is 22.1. The van der Waals surface area contributed by atoms with E-state index in [4.69, 9.17) is 18.9 Å². The van der Waals surface area contributed by atoms with Crippen LogP contribution in [0.3, 0.4) is 0 Å². The van der Waals surface area contributed by atoms with Crippen molar-refractivity contribution in [3.05, 3.63) is 192 Å². The summed E-state index contributed by atoms with van der Waals surface area (Å²) in [5.74, 6) is 3.35. The molecule has 8 aromatic rings. The number of ether oxygens (including phenoxy) is 4. The van der Waals surface area contributed by atoms with Crippen molar-refractivity contribution in [2.24, 2.45) is 0 Å². The van der Waals surface area contributed by atoms with Crippen LogP contribution in [0.2, 0.25) is 0 Å². The van der Waals surface area contributed by atoms with Gasteiger partial charge in [0.2, 0.25) is 0 Å². The molecule has 0 unspecified atom stereocenters. The van der Waals surface area contributed by atoms with Crippen molar-refractivity contribution in [1.82, 2.24) is 0 Å². The number of benzene rings is 8. The maximum Gasteiger partial charge on any atom is 0.118 e. The summed E-state index contributed by atoms with van der Waals surface area (Å²) in [6, 6.07) is 61.6. The molecule has 0 amide bonds. The SMILES string of the molecule is COc1ccc(-c2ccc3c(c2)C2(c4cc(-c5ccc(OC)cc5)ccc4-3)c3cc(-c4ccc(OC)cc4)ccc3-c3ccc(-c4ccc(OC)cc4)cc32)cc1. The maximum absolute atomic E-state index is 5.54. The Balaban J connectivity index is 1.28. The molecule has 0 aliphatic heterocycles. The first-order chi connectivity index (χ1) is 28.0. The van der Waals surface area contributed by atoms with Gasteiger partial charge in [-0.15, -0.1) is 0 Å². The standard InChI is InChI=1S/C53H40O4/c1-54-41-17-5-33(6-18-41)37-13-25-45-46-26-14-38(34-7-19-42(55-2)20-8-34)30-50(46)53(49(45)29-37)51-31-39(35-9-21-43(56-3)22-10-35)15-27-47(51)48-28-16-40(32-52(48)53)36-11-23-44(57-4)24-12-36/h5-32H,1-4H3. The summed E-state index contributed by atoms with van der Waals surface area (Å²) in [5.41, 5.74) is 18.6. The van der Waals surface area contributed by atoms with Crippen molar-refractivity contribution in [1.29, 1.82) is 0 Å². The molecule has 8 aromatic carbocycles. The summed E-state index contributed by atoms with van der Waals surface area (Å²) in [5, 5.41) is 0. The highest BCUT2D eigenvalue weighted by molar-refractivity contribution is 5.98. The van der Waals surface area contributed by atoms with E-state index in [-0.39, 0.29) is 0 Å². The van der Waals surface area contributed by atoms with E-state index in [1.54, 1.807) is 28.4 Å². The first-order valence-electron chi connectivity index (χ1n) is 19.2. The Bertz CT molecular complexity index is 2410. The minimum Gasteiger partial charge on any atom is -0.497 e. The van der Waals surface area contributed by atoms with Crippen LogP contribution in [0.25, 0.3) is 66.8 Å². The second-order valence-electron chi connectivity index (χ2n) is 14.7. The van der Waals surface area contributed by atoms with E-state index in [0.29, 0.717) is 0 Å². The first-order valence-corrected chi connectivity index (χ1v) is 19.2. The van der Waals surface area contributed by atoms with Crippen LogP contribution in [0.5, 0.6) is 23.0 Å². The average Bonchev–Trinajstić information content (AvgIpc) is 3.74. The Morgan fingerprint density at radius 3 is 0.632 bits per heavy atom. The van der Waals surface area contributed by atoms with Gasteiger partial charge in [-0.3, -0.25) is 0 Å². The van der Waals surface area contributed by atoms with E-state index in [0.717, 1.165) is 67.5 Å². The summed E-state index contributed by atoms with van der Waals surface area (Å²) >= 11 is 0. The van der Waals surface area contributed by atoms with Crippen molar-refractivity contribution in [3.63, 3.8) is 0 Å². The molecular formula is C53H40O4. The van der Waals surface area contributed by atoms with Crippen molar-refractivity contribution in [2.75, 3.05) is 28.4 Å². The number of hydrogen-bond donors (Lipinski definition) is 0. The monoisotopic (exact) mass is 740 g/mol. The third-order valence-electron chi connectivity index (χ3n) is 12.0. The van der Waals surface area contributed by atoms with Crippen molar-refractivity contribution >= 4 is 0 Å². The van der Waals surface area contributed by atoms with E-state index < -0.39 is 5.41 Å². The van der Waals surface area contributed by atoms with Crippen LogP contribution in [-0.2, 0) is 5.41 Å². The van der Waals surface area contributed by atoms with E-state index in [2.05, 4.69) is 121 Å². The lowest BCUT2D eigenvalue weighted by molar-refractivity contribution is 0.415. The van der Waals surface area contributed by atoms with Gasteiger partial charge in [0.25, 0.3) is 0 Å². The molecule has 1 spiro atoms. The highest BCUT2D eigenvalue weighted by atomic mass is 16.5. The molecule has 0 N–H and O–H groups in total. The van der Waals surface area contributed by atoms with Crippen LogP contribution in [0.4, 0.5) is 0 Å². The Kier molecular flexibility index (Phi) is 8.23. The minimum atomic E-state index is -0.620. The molecule has 0 fully saturated rings. The molecule has 0 radical (unpaired) electrons. The second kappa shape index (κ2) is 13.6. The molecule has 0 heterocycles. The van der Waals surface area contributed by atoms with Crippen molar-refractivity contribution in [2.45, 2.75) is 5.41 Å². The lowest BCUT2D eigenvalue weighted by atomic mass is 9.69. The quantitative estimate of drug-likeness (QED) is 0.155. The molecular weight excluding hydrogens is 701 g/mol. The number of rotatable bonds is 8. The molecule has 10 rings (SSSR count). The van der Waals surface area contributed by atoms with Crippen LogP contribution < -0.4 is 18.9 Å². The van der Waals surface area contributed by atoms with Crippen LogP contribution >= 0.6 is 0 Å². The molecule has 57 heavy (non-hydrogen) atoms. The molecule has 0 saturated carbocycles. The minimum absolute atomic E-state index is 0.620. The largest absolute Gasteiger partial charge is 0.497 e. The van der Waals surface area contributed by atoms with E-state index in [1.807, 2.05) is 48.5 Å².